The van der Waals surface area contributed by atoms with Crippen LogP contribution in [-0.2, 0) is 7.05 Å². The average molecular weight is 401 g/mol. The lowest BCUT2D eigenvalue weighted by Gasteiger charge is -2.10. The fraction of sp³-hybridized carbons (Fsp3) is 0.148. The molecule has 5 aromatic rings. The molecule has 0 fully saturated rings. The first-order valence-electron chi connectivity index (χ1n) is 12.5. The van der Waals surface area contributed by atoms with Crippen LogP contribution in [0.5, 0.6) is 0 Å². The van der Waals surface area contributed by atoms with E-state index in [-0.39, 0.29) is 5.56 Å². The predicted octanol–water partition coefficient (Wildman–Crippen LogP) is 7.14. The summed E-state index contributed by atoms with van der Waals surface area (Å²) in [6.45, 7) is -2.52. The van der Waals surface area contributed by atoms with Crippen molar-refractivity contribution in [3.63, 3.8) is 0 Å². The minimum Gasteiger partial charge on any atom is -0.201 e. The van der Waals surface area contributed by atoms with Gasteiger partial charge < -0.3 is 0 Å². The molecule has 0 amide bonds. The van der Waals surface area contributed by atoms with Gasteiger partial charge in [0.25, 0.3) is 0 Å². The Morgan fingerprint density at radius 3 is 2.21 bits per heavy atom. The van der Waals surface area contributed by atoms with E-state index in [0.29, 0.717) is 15.8 Å². The third-order valence-electron chi connectivity index (χ3n) is 5.51. The maximum absolute atomic E-state index is 8.26. The SMILES string of the molecule is [2H]C([2H])([2H])c1c[n+](C)c(-c2ccccc2C)cc1-c1cccc2c1sc1c(C([2H])([2H])[2H])cccc12. The molecule has 0 aliphatic heterocycles. The monoisotopic (exact) mass is 400 g/mol. The molecule has 142 valence electrons. The number of hydrogen-bond acceptors (Lipinski definition) is 1. The fourth-order valence-corrected chi connectivity index (χ4v) is 5.28. The van der Waals surface area contributed by atoms with Gasteiger partial charge in [0.1, 0.15) is 7.05 Å². The van der Waals surface area contributed by atoms with Crippen LogP contribution in [0, 0.1) is 20.6 Å². The fourth-order valence-electron chi connectivity index (χ4n) is 4.03. The molecule has 0 aliphatic rings. The normalized spacial score (nSPS) is 15.4. The average Bonchev–Trinajstić information content (AvgIpc) is 3.17. The lowest BCUT2D eigenvalue weighted by atomic mass is 9.96. The molecule has 29 heavy (non-hydrogen) atoms. The Morgan fingerprint density at radius 1 is 0.724 bits per heavy atom. The highest BCUT2D eigenvalue weighted by atomic mass is 32.1. The summed E-state index contributed by atoms with van der Waals surface area (Å²) in [6.07, 6.45) is 1.70. The third-order valence-corrected chi connectivity index (χ3v) is 6.80. The van der Waals surface area contributed by atoms with Crippen LogP contribution in [0.4, 0.5) is 0 Å². The zero-order chi connectivity index (χ0) is 25.1. The van der Waals surface area contributed by atoms with Crippen LogP contribution in [-0.4, -0.2) is 0 Å². The first-order valence-corrected chi connectivity index (χ1v) is 10.3. The van der Waals surface area contributed by atoms with Crippen molar-refractivity contribution in [2.24, 2.45) is 7.05 Å². The molecule has 0 saturated heterocycles. The van der Waals surface area contributed by atoms with E-state index in [1.54, 1.807) is 18.3 Å². The molecule has 2 heteroatoms. The van der Waals surface area contributed by atoms with Crippen LogP contribution in [0.1, 0.15) is 24.9 Å². The molecule has 0 bridgehead atoms. The van der Waals surface area contributed by atoms with Crippen LogP contribution in [0.15, 0.2) is 72.9 Å². The number of fused-ring (bicyclic) bond motifs is 3. The highest BCUT2D eigenvalue weighted by Gasteiger charge is 2.19. The highest BCUT2D eigenvalue weighted by molar-refractivity contribution is 7.26. The second-order valence-corrected chi connectivity index (χ2v) is 8.40. The zero-order valence-corrected chi connectivity index (χ0v) is 17.1. The Kier molecular flexibility index (Phi) is 2.95. The second kappa shape index (κ2) is 6.82. The predicted molar refractivity (Wildman–Crippen MR) is 126 cm³/mol. The molecule has 3 aromatic carbocycles. The summed E-state index contributed by atoms with van der Waals surface area (Å²) in [5, 5.41) is 1.80. The van der Waals surface area contributed by atoms with Gasteiger partial charge in [0.05, 0.1) is 0 Å². The summed E-state index contributed by atoms with van der Waals surface area (Å²) in [5.41, 5.74) is 5.04. The standard InChI is InChI=1S/C27H24NS/c1-17-9-5-6-11-20(17)25-15-24(19(3)16-28(25)4)23-14-8-13-22-21-12-7-10-18(2)26(21)29-27(22)23/h5-16H,1-4H3/q+1/i2D3,3D3. The van der Waals surface area contributed by atoms with Crippen LogP contribution < -0.4 is 4.57 Å². The topological polar surface area (TPSA) is 3.88 Å². The van der Waals surface area contributed by atoms with E-state index in [1.807, 2.05) is 73.1 Å². The van der Waals surface area contributed by atoms with E-state index in [9.17, 15) is 0 Å². The number of hydrogen-bond donors (Lipinski definition) is 0. The van der Waals surface area contributed by atoms with Crippen molar-refractivity contribution >= 4 is 31.5 Å². The summed E-state index contributed by atoms with van der Waals surface area (Å²) in [4.78, 5) is 0. The zero-order valence-electron chi connectivity index (χ0n) is 22.3. The molecule has 0 atom stereocenters. The molecule has 2 heterocycles. The van der Waals surface area contributed by atoms with E-state index in [0.717, 1.165) is 37.9 Å². The third kappa shape index (κ3) is 2.87. The van der Waals surface area contributed by atoms with E-state index in [4.69, 9.17) is 8.22 Å². The van der Waals surface area contributed by atoms with Crippen molar-refractivity contribution in [1.82, 2.24) is 0 Å². The first kappa shape index (κ1) is 12.6. The Labute approximate surface area is 184 Å². The van der Waals surface area contributed by atoms with E-state index < -0.39 is 13.7 Å². The molecule has 1 nitrogen and oxygen atoms in total. The van der Waals surface area contributed by atoms with E-state index in [2.05, 4.69) is 0 Å². The molecular weight excluding hydrogens is 370 g/mol. The maximum Gasteiger partial charge on any atom is 0.213 e. The van der Waals surface area contributed by atoms with Gasteiger partial charge in [0.15, 0.2) is 6.20 Å². The van der Waals surface area contributed by atoms with Gasteiger partial charge in [-0.2, -0.15) is 0 Å². The van der Waals surface area contributed by atoms with Crippen LogP contribution in [0.25, 0.3) is 42.6 Å². The largest absolute Gasteiger partial charge is 0.213 e. The van der Waals surface area contributed by atoms with Gasteiger partial charge in [-0.05, 0) is 43.4 Å². The smallest absolute Gasteiger partial charge is 0.201 e. The highest BCUT2D eigenvalue weighted by Crippen LogP contribution is 2.42. The van der Waals surface area contributed by atoms with Gasteiger partial charge in [-0.3, -0.25) is 0 Å². The van der Waals surface area contributed by atoms with Gasteiger partial charge in [-0.15, -0.1) is 11.3 Å². The molecule has 0 saturated carbocycles. The van der Waals surface area contributed by atoms with Crippen molar-refractivity contribution in [2.75, 3.05) is 0 Å². The number of rotatable bonds is 2. The number of benzene rings is 3. The molecular formula is C27H24NS+. The van der Waals surface area contributed by atoms with Gasteiger partial charge >= 0.3 is 0 Å². The first-order chi connectivity index (χ1) is 16.5. The number of pyridine rings is 1. The van der Waals surface area contributed by atoms with Crippen LogP contribution >= 0.6 is 11.3 Å². The van der Waals surface area contributed by atoms with Crippen molar-refractivity contribution < 1.29 is 12.8 Å². The Morgan fingerprint density at radius 2 is 1.41 bits per heavy atom. The lowest BCUT2D eigenvalue weighted by Crippen LogP contribution is -2.31. The summed E-state index contributed by atoms with van der Waals surface area (Å²) in [6, 6.07) is 21.2. The number of thiophene rings is 1. The molecule has 0 radical (unpaired) electrons. The number of nitrogens with zero attached hydrogens (tertiary/aromatic N) is 1. The summed E-state index contributed by atoms with van der Waals surface area (Å²) < 4.78 is 52.2. The van der Waals surface area contributed by atoms with Gasteiger partial charge in [-0.1, -0.05) is 54.6 Å². The lowest BCUT2D eigenvalue weighted by molar-refractivity contribution is -0.660. The molecule has 0 unspecified atom stereocenters. The van der Waals surface area contributed by atoms with Gasteiger partial charge in [0, 0.05) is 51.2 Å². The van der Waals surface area contributed by atoms with Crippen molar-refractivity contribution in [3.8, 4) is 22.4 Å². The minimum absolute atomic E-state index is 0.262. The van der Waals surface area contributed by atoms with E-state index >= 15 is 0 Å². The second-order valence-electron chi connectivity index (χ2n) is 7.38. The minimum atomic E-state index is -2.32. The summed E-state index contributed by atoms with van der Waals surface area (Å²) >= 11 is 1.41. The number of aryl methyl sites for hydroxylation is 4. The number of aromatic nitrogens is 1. The van der Waals surface area contributed by atoms with Crippen LogP contribution in [0.2, 0.25) is 0 Å². The summed E-state index contributed by atoms with van der Waals surface area (Å²) in [7, 11) is 1.86. The van der Waals surface area contributed by atoms with Gasteiger partial charge in [-0.25, -0.2) is 4.57 Å². The quantitative estimate of drug-likeness (QED) is 0.277. The van der Waals surface area contributed by atoms with Crippen molar-refractivity contribution in [3.05, 3.63) is 89.6 Å². The van der Waals surface area contributed by atoms with Gasteiger partial charge in [0.2, 0.25) is 5.69 Å². The molecule has 2 aromatic heterocycles. The molecule has 0 N–H and O–H groups in total. The molecule has 0 aliphatic carbocycles. The van der Waals surface area contributed by atoms with Crippen molar-refractivity contribution in [2.45, 2.75) is 20.6 Å². The molecule has 5 rings (SSSR count). The van der Waals surface area contributed by atoms with Crippen LogP contribution in [0.3, 0.4) is 0 Å². The van der Waals surface area contributed by atoms with E-state index in [1.165, 1.54) is 11.3 Å². The Hall–Kier alpha value is -2.97. The van der Waals surface area contributed by atoms with Crippen molar-refractivity contribution in [1.29, 1.82) is 0 Å². The Bertz CT molecular complexity index is 1590. The summed E-state index contributed by atoms with van der Waals surface area (Å²) in [5.74, 6) is 0. The maximum atomic E-state index is 8.26. The molecule has 0 spiro atoms. The Balaban J connectivity index is 1.87.